The number of likely N-dealkylation sites (N-methyl/N-ethyl adjacent to an activating group) is 1. The Hall–Kier alpha value is -1.35. The van der Waals surface area contributed by atoms with E-state index in [1.165, 1.54) is 25.2 Å². The summed E-state index contributed by atoms with van der Waals surface area (Å²) in [5, 5.41) is 11.2. The maximum Gasteiger partial charge on any atom is 0.243 e. The Morgan fingerprint density at radius 3 is 2.68 bits per heavy atom. The molecule has 0 unspecified atom stereocenters. The van der Waals surface area contributed by atoms with E-state index in [0.29, 0.717) is 12.4 Å². The number of nitrogens with zero attached hydrogens (tertiary/aromatic N) is 1. The Kier molecular flexibility index (Phi) is 7.08. The number of amides is 1. The molecule has 2 N–H and O–H groups in total. The molecule has 0 bridgehead atoms. The van der Waals surface area contributed by atoms with E-state index in [0.717, 1.165) is 4.31 Å². The van der Waals surface area contributed by atoms with Gasteiger partial charge < -0.3 is 15.2 Å². The minimum atomic E-state index is -3.84. The van der Waals surface area contributed by atoms with Crippen LogP contribution in [0.25, 0.3) is 0 Å². The van der Waals surface area contributed by atoms with Gasteiger partial charge in [0.1, 0.15) is 5.75 Å². The zero-order valence-corrected chi connectivity index (χ0v) is 13.9. The Bertz CT molecular complexity index is 621. The summed E-state index contributed by atoms with van der Waals surface area (Å²) in [4.78, 5) is 11.5. The molecule has 22 heavy (non-hydrogen) atoms. The Labute approximate surface area is 134 Å². The molecular weight excluding hydrogens is 332 g/mol. The zero-order chi connectivity index (χ0) is 16.8. The van der Waals surface area contributed by atoms with Crippen LogP contribution >= 0.6 is 11.6 Å². The molecule has 0 heterocycles. The van der Waals surface area contributed by atoms with E-state index < -0.39 is 15.9 Å². The van der Waals surface area contributed by atoms with Crippen molar-refractivity contribution in [3.05, 3.63) is 23.2 Å². The van der Waals surface area contributed by atoms with Crippen LogP contribution in [0.1, 0.15) is 6.92 Å². The average molecular weight is 351 g/mol. The Morgan fingerprint density at radius 2 is 2.14 bits per heavy atom. The second kappa shape index (κ2) is 8.33. The molecule has 0 radical (unpaired) electrons. The van der Waals surface area contributed by atoms with Crippen molar-refractivity contribution < 1.29 is 23.1 Å². The van der Waals surface area contributed by atoms with Crippen LogP contribution in [0, 0.1) is 0 Å². The van der Waals surface area contributed by atoms with E-state index in [-0.39, 0.29) is 29.6 Å². The second-order valence-electron chi connectivity index (χ2n) is 4.36. The summed E-state index contributed by atoms with van der Waals surface area (Å²) >= 11 is 5.98. The number of aliphatic hydroxyl groups excluding tert-OH is 1. The number of rotatable bonds is 8. The van der Waals surface area contributed by atoms with Gasteiger partial charge in [0.05, 0.1) is 29.7 Å². The van der Waals surface area contributed by atoms with Crippen LogP contribution < -0.4 is 10.1 Å². The van der Waals surface area contributed by atoms with Gasteiger partial charge in [0.15, 0.2) is 0 Å². The number of carbonyl (C=O) groups excluding carboxylic acids is 1. The van der Waals surface area contributed by atoms with E-state index in [4.69, 9.17) is 21.4 Å². The molecule has 0 atom stereocenters. The van der Waals surface area contributed by atoms with Crippen LogP contribution in [0.4, 0.5) is 0 Å². The highest BCUT2D eigenvalue weighted by Crippen LogP contribution is 2.28. The highest BCUT2D eigenvalue weighted by atomic mass is 35.5. The molecule has 124 valence electrons. The molecule has 9 heteroatoms. The number of carbonyl (C=O) groups is 1. The van der Waals surface area contributed by atoms with E-state index in [9.17, 15) is 13.2 Å². The normalized spacial score (nSPS) is 11.5. The van der Waals surface area contributed by atoms with Gasteiger partial charge in [0, 0.05) is 13.6 Å². The molecule has 0 aromatic heterocycles. The van der Waals surface area contributed by atoms with Crippen LogP contribution in [-0.4, -0.2) is 57.1 Å². The second-order valence-corrected chi connectivity index (χ2v) is 6.81. The smallest absolute Gasteiger partial charge is 0.243 e. The summed E-state index contributed by atoms with van der Waals surface area (Å²) in [5.41, 5.74) is 0. The average Bonchev–Trinajstić information content (AvgIpc) is 2.47. The fraction of sp³-hybridized carbons (Fsp3) is 0.462. The maximum absolute atomic E-state index is 12.4. The highest BCUT2D eigenvalue weighted by molar-refractivity contribution is 7.89. The van der Waals surface area contributed by atoms with Crippen LogP contribution in [-0.2, 0) is 14.8 Å². The first kappa shape index (κ1) is 18.7. The number of benzene rings is 1. The minimum absolute atomic E-state index is 0.0292. The SMILES string of the molecule is CCOc1ccc(S(=O)(=O)N(C)CC(=O)NCCO)cc1Cl. The lowest BCUT2D eigenvalue weighted by Gasteiger charge is -2.17. The number of hydrogen-bond acceptors (Lipinski definition) is 5. The molecule has 0 aliphatic heterocycles. The molecular formula is C13H19ClN2O5S. The van der Waals surface area contributed by atoms with Gasteiger partial charge in [-0.15, -0.1) is 0 Å². The van der Waals surface area contributed by atoms with Crippen LogP contribution in [0.5, 0.6) is 5.75 Å². The molecule has 0 aliphatic carbocycles. The first-order chi connectivity index (χ1) is 10.3. The molecule has 0 aliphatic rings. The van der Waals surface area contributed by atoms with Crippen molar-refractivity contribution in [2.75, 3.05) is 33.4 Å². The van der Waals surface area contributed by atoms with Gasteiger partial charge in [0.25, 0.3) is 0 Å². The van der Waals surface area contributed by atoms with Crippen LogP contribution in [0.2, 0.25) is 5.02 Å². The Morgan fingerprint density at radius 1 is 1.45 bits per heavy atom. The summed E-state index contributed by atoms with van der Waals surface area (Å²) in [6, 6.07) is 4.12. The molecule has 1 aromatic carbocycles. The van der Waals surface area contributed by atoms with Crippen molar-refractivity contribution in [1.29, 1.82) is 0 Å². The van der Waals surface area contributed by atoms with Gasteiger partial charge in [0.2, 0.25) is 15.9 Å². The molecule has 0 saturated heterocycles. The summed E-state index contributed by atoms with van der Waals surface area (Å²) in [5.74, 6) is -0.108. The molecule has 1 amide bonds. The topological polar surface area (TPSA) is 95.9 Å². The van der Waals surface area contributed by atoms with Gasteiger partial charge in [-0.1, -0.05) is 11.6 Å². The summed E-state index contributed by atoms with van der Waals surface area (Å²) in [7, 11) is -2.55. The summed E-state index contributed by atoms with van der Waals surface area (Å²) < 4.78 is 30.9. The number of aliphatic hydroxyl groups is 1. The van der Waals surface area contributed by atoms with Crippen molar-refractivity contribution >= 4 is 27.5 Å². The van der Waals surface area contributed by atoms with Gasteiger partial charge >= 0.3 is 0 Å². The first-order valence-corrected chi connectivity index (χ1v) is 8.41. The van der Waals surface area contributed by atoms with Crippen LogP contribution in [0.15, 0.2) is 23.1 Å². The molecule has 1 rings (SSSR count). The van der Waals surface area contributed by atoms with Crippen molar-refractivity contribution in [2.24, 2.45) is 0 Å². The lowest BCUT2D eigenvalue weighted by molar-refractivity contribution is -0.121. The number of sulfonamides is 1. The van der Waals surface area contributed by atoms with Gasteiger partial charge in [-0.25, -0.2) is 8.42 Å². The largest absolute Gasteiger partial charge is 0.492 e. The Balaban J connectivity index is 2.89. The van der Waals surface area contributed by atoms with E-state index in [2.05, 4.69) is 5.32 Å². The van der Waals surface area contributed by atoms with E-state index in [1.807, 2.05) is 0 Å². The predicted octanol–water partition coefficient (Wildman–Crippen LogP) is 0.468. The molecule has 1 aromatic rings. The minimum Gasteiger partial charge on any atom is -0.492 e. The van der Waals surface area contributed by atoms with Crippen molar-refractivity contribution in [3.63, 3.8) is 0 Å². The van der Waals surface area contributed by atoms with Gasteiger partial charge in [-0.3, -0.25) is 4.79 Å². The number of nitrogens with one attached hydrogen (secondary N) is 1. The van der Waals surface area contributed by atoms with Crippen molar-refractivity contribution in [2.45, 2.75) is 11.8 Å². The van der Waals surface area contributed by atoms with Crippen molar-refractivity contribution in [1.82, 2.24) is 9.62 Å². The summed E-state index contributed by atoms with van der Waals surface area (Å²) in [6.07, 6.45) is 0. The molecule has 0 saturated carbocycles. The molecule has 7 nitrogen and oxygen atoms in total. The number of halogens is 1. The highest BCUT2D eigenvalue weighted by Gasteiger charge is 2.23. The zero-order valence-electron chi connectivity index (χ0n) is 12.4. The third kappa shape index (κ3) is 4.84. The quantitative estimate of drug-likeness (QED) is 0.710. The third-order valence-electron chi connectivity index (χ3n) is 2.71. The van der Waals surface area contributed by atoms with Crippen LogP contribution in [0.3, 0.4) is 0 Å². The van der Waals surface area contributed by atoms with Crippen molar-refractivity contribution in [3.8, 4) is 5.75 Å². The maximum atomic E-state index is 12.4. The molecule has 0 spiro atoms. The fourth-order valence-corrected chi connectivity index (χ4v) is 3.09. The monoisotopic (exact) mass is 350 g/mol. The predicted molar refractivity (Wildman–Crippen MR) is 82.5 cm³/mol. The standard InChI is InChI=1S/C13H19ClN2O5S/c1-3-21-12-5-4-10(8-11(12)14)22(19,20)16(2)9-13(18)15-6-7-17/h4-5,8,17H,3,6-7,9H2,1-2H3,(H,15,18). The third-order valence-corrected chi connectivity index (χ3v) is 4.81. The number of ether oxygens (including phenoxy) is 1. The molecule has 0 fully saturated rings. The van der Waals surface area contributed by atoms with E-state index in [1.54, 1.807) is 6.92 Å². The fourth-order valence-electron chi connectivity index (χ4n) is 1.63. The van der Waals surface area contributed by atoms with Gasteiger partial charge in [-0.2, -0.15) is 4.31 Å². The first-order valence-electron chi connectivity index (χ1n) is 6.59. The van der Waals surface area contributed by atoms with Gasteiger partial charge in [-0.05, 0) is 25.1 Å². The van der Waals surface area contributed by atoms with E-state index >= 15 is 0 Å². The lowest BCUT2D eigenvalue weighted by atomic mass is 10.3. The number of hydrogen-bond donors (Lipinski definition) is 2. The lowest BCUT2D eigenvalue weighted by Crippen LogP contribution is -2.39. The summed E-state index contributed by atoms with van der Waals surface area (Å²) in [6.45, 7) is 1.71.